The fourth-order valence-electron chi connectivity index (χ4n) is 4.47. The molecule has 0 spiro atoms. The summed E-state index contributed by atoms with van der Waals surface area (Å²) < 4.78 is 13.4. The molecule has 0 aliphatic rings. The Morgan fingerprint density at radius 2 is 1.61 bits per heavy atom. The largest absolute Gasteiger partial charge is 0.486 e. The first-order valence-electron chi connectivity index (χ1n) is 12.7. The Labute approximate surface area is 212 Å². The van der Waals surface area contributed by atoms with Crippen molar-refractivity contribution in [1.82, 2.24) is 4.57 Å². The van der Waals surface area contributed by atoms with E-state index in [9.17, 15) is 9.59 Å². The second kappa shape index (κ2) is 12.2. The number of carbonyl (C=O) groups is 2. The first-order valence-corrected chi connectivity index (χ1v) is 12.7. The van der Waals surface area contributed by atoms with Crippen LogP contribution in [0.25, 0.3) is 10.9 Å². The number of benzene rings is 3. The van der Waals surface area contributed by atoms with Gasteiger partial charge in [-0.05, 0) is 55.7 Å². The van der Waals surface area contributed by atoms with Gasteiger partial charge < -0.3 is 14.0 Å². The highest BCUT2D eigenvalue weighted by molar-refractivity contribution is 6.16. The van der Waals surface area contributed by atoms with Gasteiger partial charge in [0.15, 0.2) is 5.78 Å². The minimum absolute atomic E-state index is 0.0228. The summed E-state index contributed by atoms with van der Waals surface area (Å²) in [6.45, 7) is 4.98. The molecule has 1 atom stereocenters. The summed E-state index contributed by atoms with van der Waals surface area (Å²) in [4.78, 5) is 25.2. The summed E-state index contributed by atoms with van der Waals surface area (Å²) in [6.07, 6.45) is 4.81. The lowest BCUT2D eigenvalue weighted by molar-refractivity contribution is -0.143. The molecule has 0 aliphatic carbocycles. The maximum Gasteiger partial charge on any atom is 0.305 e. The Morgan fingerprint density at radius 3 is 2.33 bits per heavy atom. The van der Waals surface area contributed by atoms with Crippen molar-refractivity contribution in [2.45, 2.75) is 52.2 Å². The van der Waals surface area contributed by atoms with Crippen molar-refractivity contribution in [1.29, 1.82) is 0 Å². The minimum Gasteiger partial charge on any atom is -0.486 e. The van der Waals surface area contributed by atoms with Gasteiger partial charge in [0.2, 0.25) is 0 Å². The van der Waals surface area contributed by atoms with E-state index in [2.05, 4.69) is 23.6 Å². The van der Waals surface area contributed by atoms with Gasteiger partial charge in [-0.3, -0.25) is 9.59 Å². The van der Waals surface area contributed by atoms with Crippen molar-refractivity contribution in [3.05, 3.63) is 102 Å². The first kappa shape index (κ1) is 25.2. The van der Waals surface area contributed by atoms with E-state index in [0.29, 0.717) is 37.1 Å². The number of ether oxygens (including phenoxy) is 2. The SMILES string of the molecule is CCC[C@H](Oc1ccc(C(=O)c2cn(CCCC(=O)OCC)c3ccccc23)cc1)c1ccccc1. The molecule has 0 N–H and O–H groups in total. The minimum atomic E-state index is -0.194. The summed E-state index contributed by atoms with van der Waals surface area (Å²) in [5.41, 5.74) is 3.40. The van der Waals surface area contributed by atoms with E-state index in [4.69, 9.17) is 9.47 Å². The van der Waals surface area contributed by atoms with Gasteiger partial charge in [0.05, 0.1) is 6.61 Å². The van der Waals surface area contributed by atoms with Crippen molar-refractivity contribution < 1.29 is 19.1 Å². The van der Waals surface area contributed by atoms with Gasteiger partial charge in [-0.15, -0.1) is 0 Å². The van der Waals surface area contributed by atoms with Crippen molar-refractivity contribution in [3.8, 4) is 5.75 Å². The number of fused-ring (bicyclic) bond motifs is 1. The molecule has 5 heteroatoms. The molecule has 0 amide bonds. The van der Waals surface area contributed by atoms with E-state index in [1.54, 1.807) is 6.92 Å². The van der Waals surface area contributed by atoms with Crippen LogP contribution in [0.4, 0.5) is 0 Å². The summed E-state index contributed by atoms with van der Waals surface area (Å²) in [6, 6.07) is 25.5. The molecule has 1 heterocycles. The summed E-state index contributed by atoms with van der Waals surface area (Å²) in [5, 5.41) is 0.908. The number of esters is 1. The van der Waals surface area contributed by atoms with Crippen molar-refractivity contribution in [3.63, 3.8) is 0 Å². The third-order valence-electron chi connectivity index (χ3n) is 6.24. The van der Waals surface area contributed by atoms with E-state index in [1.807, 2.05) is 72.9 Å². The molecule has 0 saturated heterocycles. The number of aromatic nitrogens is 1. The van der Waals surface area contributed by atoms with Crippen LogP contribution in [-0.4, -0.2) is 22.9 Å². The fourth-order valence-corrected chi connectivity index (χ4v) is 4.47. The molecule has 0 bridgehead atoms. The smallest absolute Gasteiger partial charge is 0.305 e. The molecule has 4 aromatic rings. The molecular formula is C31H33NO4. The lowest BCUT2D eigenvalue weighted by Crippen LogP contribution is -2.08. The van der Waals surface area contributed by atoms with Gasteiger partial charge in [0, 0.05) is 41.2 Å². The molecule has 0 aliphatic heterocycles. The molecule has 5 nitrogen and oxygen atoms in total. The van der Waals surface area contributed by atoms with Crippen molar-refractivity contribution in [2.75, 3.05) is 6.61 Å². The molecular weight excluding hydrogens is 450 g/mol. The Balaban J connectivity index is 1.50. The topological polar surface area (TPSA) is 57.5 Å². The van der Waals surface area contributed by atoms with Gasteiger partial charge in [0.25, 0.3) is 0 Å². The molecule has 4 rings (SSSR count). The van der Waals surface area contributed by atoms with Crippen LogP contribution in [0.5, 0.6) is 5.75 Å². The Morgan fingerprint density at radius 1 is 0.889 bits per heavy atom. The lowest BCUT2D eigenvalue weighted by Gasteiger charge is -2.19. The number of carbonyl (C=O) groups excluding carboxylic acids is 2. The Kier molecular flexibility index (Phi) is 8.56. The summed E-state index contributed by atoms with van der Waals surface area (Å²) >= 11 is 0. The number of hydrogen-bond acceptors (Lipinski definition) is 4. The summed E-state index contributed by atoms with van der Waals surface area (Å²) in [7, 11) is 0. The predicted molar refractivity (Wildman–Crippen MR) is 142 cm³/mol. The van der Waals surface area contributed by atoms with E-state index >= 15 is 0 Å². The first-order chi connectivity index (χ1) is 17.6. The highest BCUT2D eigenvalue weighted by Crippen LogP contribution is 2.28. The molecule has 36 heavy (non-hydrogen) atoms. The standard InChI is InChI=1S/C31H33NO4/c1-3-11-29(23-12-6-5-7-13-23)36-25-19-17-24(18-20-25)31(34)27-22-32(21-10-16-30(33)35-4-2)28-15-9-8-14-26(27)28/h5-9,12-15,17-20,22,29H,3-4,10-11,16,21H2,1-2H3/t29-/m0/s1. The van der Waals surface area contributed by atoms with Crippen LogP contribution in [0.2, 0.25) is 0 Å². The van der Waals surface area contributed by atoms with Crippen LogP contribution >= 0.6 is 0 Å². The maximum atomic E-state index is 13.5. The fraction of sp³-hybridized carbons (Fsp3) is 0.290. The van der Waals surface area contributed by atoms with E-state index in [-0.39, 0.29) is 17.9 Å². The van der Waals surface area contributed by atoms with Crippen LogP contribution in [0, 0.1) is 0 Å². The van der Waals surface area contributed by atoms with Crippen LogP contribution in [0.3, 0.4) is 0 Å². The highest BCUT2D eigenvalue weighted by atomic mass is 16.5. The van der Waals surface area contributed by atoms with Crippen LogP contribution < -0.4 is 4.74 Å². The zero-order chi connectivity index (χ0) is 25.3. The lowest BCUT2D eigenvalue weighted by atomic mass is 10.0. The zero-order valence-corrected chi connectivity index (χ0v) is 21.0. The molecule has 186 valence electrons. The third-order valence-corrected chi connectivity index (χ3v) is 6.24. The Bertz CT molecular complexity index is 1290. The second-order valence-electron chi connectivity index (χ2n) is 8.82. The van der Waals surface area contributed by atoms with Crippen LogP contribution in [-0.2, 0) is 16.1 Å². The third kappa shape index (κ3) is 6.03. The zero-order valence-electron chi connectivity index (χ0n) is 21.0. The van der Waals surface area contributed by atoms with Crippen LogP contribution in [0.15, 0.2) is 85.1 Å². The summed E-state index contributed by atoms with van der Waals surface area (Å²) in [5.74, 6) is 0.520. The Hall–Kier alpha value is -3.86. The number of rotatable bonds is 12. The molecule has 0 unspecified atom stereocenters. The number of ketones is 1. The van der Waals surface area contributed by atoms with Gasteiger partial charge >= 0.3 is 5.97 Å². The van der Waals surface area contributed by atoms with Crippen LogP contribution in [0.1, 0.15) is 67.1 Å². The monoisotopic (exact) mass is 483 g/mol. The number of aryl methyl sites for hydroxylation is 1. The molecule has 0 radical (unpaired) electrons. The number of hydrogen-bond donors (Lipinski definition) is 0. The average molecular weight is 484 g/mol. The molecule has 0 fully saturated rings. The van der Waals surface area contributed by atoms with E-state index in [1.165, 1.54) is 0 Å². The average Bonchev–Trinajstić information content (AvgIpc) is 3.28. The van der Waals surface area contributed by atoms with Gasteiger partial charge in [-0.2, -0.15) is 0 Å². The van der Waals surface area contributed by atoms with Gasteiger partial charge in [0.1, 0.15) is 11.9 Å². The van der Waals surface area contributed by atoms with E-state index < -0.39 is 0 Å². The quantitative estimate of drug-likeness (QED) is 0.159. The van der Waals surface area contributed by atoms with Gasteiger partial charge in [-0.1, -0.05) is 61.9 Å². The second-order valence-corrected chi connectivity index (χ2v) is 8.82. The molecule has 3 aromatic carbocycles. The predicted octanol–water partition coefficient (Wildman–Crippen LogP) is 7.14. The van der Waals surface area contributed by atoms with Crippen molar-refractivity contribution in [2.24, 2.45) is 0 Å². The normalized spacial score (nSPS) is 11.8. The van der Waals surface area contributed by atoms with E-state index in [0.717, 1.165) is 35.1 Å². The van der Waals surface area contributed by atoms with Gasteiger partial charge in [-0.25, -0.2) is 0 Å². The number of nitrogens with zero attached hydrogens (tertiary/aromatic N) is 1. The molecule has 0 saturated carbocycles. The highest BCUT2D eigenvalue weighted by Gasteiger charge is 2.18. The number of para-hydroxylation sites is 1. The maximum absolute atomic E-state index is 13.5. The molecule has 1 aromatic heterocycles. The van der Waals surface area contributed by atoms with Crippen molar-refractivity contribution >= 4 is 22.7 Å².